The van der Waals surface area contributed by atoms with Gasteiger partial charge in [0.1, 0.15) is 0 Å². The lowest BCUT2D eigenvalue weighted by atomic mass is 9.86. The Bertz CT molecular complexity index is 816. The van der Waals surface area contributed by atoms with Crippen molar-refractivity contribution in [2.75, 3.05) is 6.54 Å². The second-order valence-electron chi connectivity index (χ2n) is 7.67. The molecule has 2 aromatic rings. The molecule has 0 bridgehead atoms. The summed E-state index contributed by atoms with van der Waals surface area (Å²) in [5.41, 5.74) is 3.89. The first-order chi connectivity index (χ1) is 11.8. The topological polar surface area (TPSA) is 66.1 Å². The minimum absolute atomic E-state index is 0.0915. The van der Waals surface area contributed by atoms with E-state index in [4.69, 9.17) is 0 Å². The molecule has 1 amide bonds. The first-order valence-corrected chi connectivity index (χ1v) is 8.77. The van der Waals surface area contributed by atoms with Crippen molar-refractivity contribution in [3.05, 3.63) is 63.3 Å². The molecule has 1 aliphatic heterocycles. The van der Waals surface area contributed by atoms with Gasteiger partial charge < -0.3 is 9.88 Å². The zero-order chi connectivity index (χ0) is 18.0. The zero-order valence-corrected chi connectivity index (χ0v) is 15.1. The molecule has 0 atom stereocenters. The molecule has 1 aromatic heterocycles. The van der Waals surface area contributed by atoms with Crippen molar-refractivity contribution in [3.63, 3.8) is 0 Å². The van der Waals surface area contributed by atoms with Gasteiger partial charge in [-0.1, -0.05) is 45.0 Å². The van der Waals surface area contributed by atoms with E-state index in [1.54, 1.807) is 4.90 Å². The fourth-order valence-corrected chi connectivity index (χ4v) is 3.15. The molecule has 5 heteroatoms. The van der Waals surface area contributed by atoms with Crippen LogP contribution in [0.15, 0.2) is 35.4 Å². The van der Waals surface area contributed by atoms with E-state index >= 15 is 0 Å². The van der Waals surface area contributed by atoms with Crippen molar-refractivity contribution in [1.29, 1.82) is 0 Å². The van der Waals surface area contributed by atoms with Crippen molar-refractivity contribution >= 4 is 5.91 Å². The summed E-state index contributed by atoms with van der Waals surface area (Å²) in [4.78, 5) is 33.0. The van der Waals surface area contributed by atoms with Gasteiger partial charge in [0.25, 0.3) is 5.56 Å². The van der Waals surface area contributed by atoms with Crippen LogP contribution in [0, 0.1) is 0 Å². The van der Waals surface area contributed by atoms with E-state index in [-0.39, 0.29) is 16.9 Å². The quantitative estimate of drug-likeness (QED) is 0.935. The molecule has 1 aromatic carbocycles. The minimum atomic E-state index is -0.139. The molecule has 5 nitrogen and oxygen atoms in total. The minimum Gasteiger partial charge on any atom is -0.338 e. The Morgan fingerprint density at radius 3 is 2.64 bits per heavy atom. The highest BCUT2D eigenvalue weighted by molar-refractivity contribution is 5.76. The van der Waals surface area contributed by atoms with Gasteiger partial charge in [0.15, 0.2) is 0 Å². The monoisotopic (exact) mass is 339 g/mol. The van der Waals surface area contributed by atoms with Gasteiger partial charge in [-0.3, -0.25) is 9.59 Å². The average Bonchev–Trinajstić information content (AvgIpc) is 2.59. The first-order valence-electron chi connectivity index (χ1n) is 8.77. The Kier molecular flexibility index (Phi) is 4.75. The van der Waals surface area contributed by atoms with Crippen LogP contribution in [-0.2, 0) is 29.6 Å². The molecule has 25 heavy (non-hydrogen) atoms. The van der Waals surface area contributed by atoms with Crippen molar-refractivity contribution < 1.29 is 4.79 Å². The van der Waals surface area contributed by atoms with Gasteiger partial charge in [0.2, 0.25) is 5.91 Å². The number of nitrogens with one attached hydrogen (secondary N) is 1. The summed E-state index contributed by atoms with van der Waals surface area (Å²) in [5.74, 6) is 0.0915. The second kappa shape index (κ2) is 6.82. The number of aromatic nitrogens is 2. The van der Waals surface area contributed by atoms with Crippen LogP contribution in [0.1, 0.15) is 49.6 Å². The molecule has 3 rings (SSSR count). The Balaban J connectivity index is 1.60. The van der Waals surface area contributed by atoms with Gasteiger partial charge in [-0.15, -0.1) is 0 Å². The van der Waals surface area contributed by atoms with Crippen molar-refractivity contribution in [2.24, 2.45) is 0 Å². The smallest absolute Gasteiger partial charge is 0.255 e. The molecule has 1 N–H and O–H groups in total. The van der Waals surface area contributed by atoms with E-state index in [1.165, 1.54) is 17.5 Å². The van der Waals surface area contributed by atoms with Crippen LogP contribution in [0.2, 0.25) is 0 Å². The number of carbonyl (C=O) groups is 1. The van der Waals surface area contributed by atoms with Crippen LogP contribution in [-0.4, -0.2) is 27.3 Å². The lowest BCUT2D eigenvalue weighted by molar-refractivity contribution is -0.132. The van der Waals surface area contributed by atoms with Gasteiger partial charge in [-0.05, 0) is 23.0 Å². The Hall–Kier alpha value is -2.43. The van der Waals surface area contributed by atoms with Crippen LogP contribution >= 0.6 is 0 Å². The van der Waals surface area contributed by atoms with Gasteiger partial charge in [0, 0.05) is 19.4 Å². The number of fused-ring (bicyclic) bond motifs is 1. The third-order valence-corrected chi connectivity index (χ3v) is 4.81. The summed E-state index contributed by atoms with van der Waals surface area (Å²) in [7, 11) is 0. The maximum Gasteiger partial charge on any atom is 0.255 e. The van der Waals surface area contributed by atoms with E-state index in [2.05, 4.69) is 55.0 Å². The molecule has 0 saturated carbocycles. The average molecular weight is 339 g/mol. The molecule has 0 radical (unpaired) electrons. The Morgan fingerprint density at radius 1 is 1.24 bits per heavy atom. The molecule has 0 spiro atoms. The molecule has 0 fully saturated rings. The third-order valence-electron chi connectivity index (χ3n) is 4.81. The SMILES string of the molecule is CC(C)(C)c1ccc(CCC(=O)N2CCc3nc[nH]c(=O)c3C2)cc1. The largest absolute Gasteiger partial charge is 0.338 e. The number of benzene rings is 1. The van der Waals surface area contributed by atoms with Gasteiger partial charge in [-0.25, -0.2) is 4.98 Å². The number of H-pyrrole nitrogens is 1. The van der Waals surface area contributed by atoms with Crippen molar-refractivity contribution in [1.82, 2.24) is 14.9 Å². The summed E-state index contributed by atoms with van der Waals surface area (Å²) >= 11 is 0. The fourth-order valence-electron chi connectivity index (χ4n) is 3.15. The van der Waals surface area contributed by atoms with Crippen LogP contribution < -0.4 is 5.56 Å². The van der Waals surface area contributed by atoms with Gasteiger partial charge in [0.05, 0.1) is 24.1 Å². The highest BCUT2D eigenvalue weighted by atomic mass is 16.2. The lowest BCUT2D eigenvalue weighted by Crippen LogP contribution is -2.39. The Labute approximate surface area is 148 Å². The maximum absolute atomic E-state index is 12.5. The summed E-state index contributed by atoms with van der Waals surface area (Å²) in [6.45, 7) is 7.56. The second-order valence-corrected chi connectivity index (χ2v) is 7.67. The molecule has 1 aliphatic rings. The van der Waals surface area contributed by atoms with E-state index in [1.807, 2.05) is 0 Å². The number of hydrogen-bond acceptors (Lipinski definition) is 3. The van der Waals surface area contributed by atoms with E-state index in [9.17, 15) is 9.59 Å². The molecule has 0 unspecified atom stereocenters. The number of aryl methyl sites for hydroxylation is 1. The number of rotatable bonds is 3. The summed E-state index contributed by atoms with van der Waals surface area (Å²) in [5, 5.41) is 0. The molecular weight excluding hydrogens is 314 g/mol. The normalized spacial score (nSPS) is 14.3. The molecule has 2 heterocycles. The zero-order valence-electron chi connectivity index (χ0n) is 15.1. The lowest BCUT2D eigenvalue weighted by Gasteiger charge is -2.27. The van der Waals surface area contributed by atoms with Crippen LogP contribution in [0.4, 0.5) is 0 Å². The summed E-state index contributed by atoms with van der Waals surface area (Å²) in [6.07, 6.45) is 3.25. The van der Waals surface area contributed by atoms with E-state index in [0.717, 1.165) is 12.1 Å². The molecular formula is C20H25N3O2. The summed E-state index contributed by atoms with van der Waals surface area (Å²) < 4.78 is 0. The van der Waals surface area contributed by atoms with Gasteiger partial charge >= 0.3 is 0 Å². The van der Waals surface area contributed by atoms with E-state index < -0.39 is 0 Å². The Morgan fingerprint density at radius 2 is 1.96 bits per heavy atom. The summed E-state index contributed by atoms with van der Waals surface area (Å²) in [6, 6.07) is 8.49. The third kappa shape index (κ3) is 3.98. The van der Waals surface area contributed by atoms with Crippen molar-refractivity contribution in [2.45, 2.75) is 52.0 Å². The molecule has 0 aliphatic carbocycles. The predicted octanol–water partition coefficient (Wildman–Crippen LogP) is 2.58. The van der Waals surface area contributed by atoms with Crippen LogP contribution in [0.25, 0.3) is 0 Å². The maximum atomic E-state index is 12.5. The molecule has 132 valence electrons. The number of carbonyl (C=O) groups excluding carboxylic acids is 1. The van der Waals surface area contributed by atoms with Crippen LogP contribution in [0.5, 0.6) is 0 Å². The first kappa shape index (κ1) is 17.4. The van der Waals surface area contributed by atoms with Gasteiger partial charge in [-0.2, -0.15) is 0 Å². The highest BCUT2D eigenvalue weighted by Gasteiger charge is 2.23. The predicted molar refractivity (Wildman–Crippen MR) is 97.4 cm³/mol. The van der Waals surface area contributed by atoms with Crippen LogP contribution in [0.3, 0.4) is 0 Å². The number of hydrogen-bond donors (Lipinski definition) is 1. The highest BCUT2D eigenvalue weighted by Crippen LogP contribution is 2.22. The van der Waals surface area contributed by atoms with E-state index in [0.29, 0.717) is 31.5 Å². The molecule has 0 saturated heterocycles. The number of amides is 1. The number of aromatic amines is 1. The number of nitrogens with zero attached hydrogens (tertiary/aromatic N) is 2. The standard InChI is InChI=1S/C20H25N3O2/c1-20(2,3)15-7-4-14(5-8-15)6-9-18(24)23-11-10-17-16(12-23)19(25)22-13-21-17/h4-5,7-8,13H,6,9-12H2,1-3H3,(H,21,22,25). The fraction of sp³-hybridized carbons (Fsp3) is 0.450. The van der Waals surface area contributed by atoms with Crippen molar-refractivity contribution in [3.8, 4) is 0 Å².